The molecule has 0 bridgehead atoms. The van der Waals surface area contributed by atoms with Crippen molar-refractivity contribution in [2.24, 2.45) is 0 Å². The standard InChI is InChI=1S/C26H28N2O3S/c1-5-23(26(30)28-24-17(2)9-6-10-18(24)3)32-22-14-8-12-20(16-22)27-25(29)19-11-7-13-21(15-19)31-4/h6-16,23H,5H2,1-4H3,(H,27,29)(H,28,30). The molecule has 2 amide bonds. The number of nitrogens with one attached hydrogen (secondary N) is 2. The van der Waals surface area contributed by atoms with E-state index in [1.807, 2.05) is 63.2 Å². The molecule has 3 aromatic rings. The van der Waals surface area contributed by atoms with E-state index >= 15 is 0 Å². The van der Waals surface area contributed by atoms with Crippen LogP contribution in [0, 0.1) is 13.8 Å². The van der Waals surface area contributed by atoms with E-state index < -0.39 is 0 Å². The molecular weight excluding hydrogens is 420 g/mol. The van der Waals surface area contributed by atoms with E-state index in [0.717, 1.165) is 21.7 Å². The Morgan fingerprint density at radius 2 is 1.62 bits per heavy atom. The molecule has 32 heavy (non-hydrogen) atoms. The van der Waals surface area contributed by atoms with E-state index in [9.17, 15) is 9.59 Å². The maximum atomic E-state index is 12.9. The molecule has 6 heteroatoms. The zero-order chi connectivity index (χ0) is 23.1. The molecule has 0 saturated carbocycles. The number of amides is 2. The van der Waals surface area contributed by atoms with Gasteiger partial charge in [0.25, 0.3) is 5.91 Å². The van der Waals surface area contributed by atoms with Crippen LogP contribution >= 0.6 is 11.8 Å². The second-order valence-electron chi connectivity index (χ2n) is 7.48. The Kier molecular flexibility index (Phi) is 7.95. The molecular formula is C26H28N2O3S. The van der Waals surface area contributed by atoms with Gasteiger partial charge < -0.3 is 15.4 Å². The van der Waals surface area contributed by atoms with Crippen LogP contribution in [0.2, 0.25) is 0 Å². The van der Waals surface area contributed by atoms with Crippen molar-refractivity contribution >= 4 is 35.0 Å². The minimum Gasteiger partial charge on any atom is -0.497 e. The fourth-order valence-corrected chi connectivity index (χ4v) is 4.33. The van der Waals surface area contributed by atoms with Crippen LogP contribution in [0.15, 0.2) is 71.6 Å². The molecule has 3 rings (SSSR count). The summed E-state index contributed by atoms with van der Waals surface area (Å²) in [5.74, 6) is 0.384. The molecule has 0 heterocycles. The number of aryl methyl sites for hydroxylation is 2. The van der Waals surface area contributed by atoms with Gasteiger partial charge >= 0.3 is 0 Å². The number of anilines is 2. The lowest BCUT2D eigenvalue weighted by atomic mass is 10.1. The zero-order valence-corrected chi connectivity index (χ0v) is 19.6. The lowest BCUT2D eigenvalue weighted by Gasteiger charge is -2.18. The Morgan fingerprint density at radius 3 is 2.31 bits per heavy atom. The fraction of sp³-hybridized carbons (Fsp3) is 0.231. The quantitative estimate of drug-likeness (QED) is 0.410. The molecule has 166 valence electrons. The Labute approximate surface area is 193 Å². The molecule has 0 aliphatic rings. The van der Waals surface area contributed by atoms with E-state index in [-0.39, 0.29) is 17.1 Å². The number of hydrogen-bond acceptors (Lipinski definition) is 4. The number of hydrogen-bond donors (Lipinski definition) is 2. The number of carbonyl (C=O) groups excluding carboxylic acids is 2. The topological polar surface area (TPSA) is 67.4 Å². The maximum absolute atomic E-state index is 12.9. The third-order valence-corrected chi connectivity index (χ3v) is 6.45. The molecule has 0 radical (unpaired) electrons. The summed E-state index contributed by atoms with van der Waals surface area (Å²) >= 11 is 1.49. The molecule has 0 fully saturated rings. The summed E-state index contributed by atoms with van der Waals surface area (Å²) in [6.07, 6.45) is 0.682. The fourth-order valence-electron chi connectivity index (χ4n) is 3.32. The molecule has 2 N–H and O–H groups in total. The number of thioether (sulfide) groups is 1. The molecule has 0 aromatic heterocycles. The first kappa shape index (κ1) is 23.4. The van der Waals surface area contributed by atoms with Crippen molar-refractivity contribution in [2.75, 3.05) is 17.7 Å². The highest BCUT2D eigenvalue weighted by atomic mass is 32.2. The Bertz CT molecular complexity index is 1090. The van der Waals surface area contributed by atoms with Gasteiger partial charge in [0.2, 0.25) is 5.91 Å². The highest BCUT2D eigenvalue weighted by Crippen LogP contribution is 2.30. The van der Waals surface area contributed by atoms with Crippen LogP contribution in [0.25, 0.3) is 0 Å². The molecule has 0 aliphatic heterocycles. The van der Waals surface area contributed by atoms with Crippen molar-refractivity contribution in [2.45, 2.75) is 37.3 Å². The monoisotopic (exact) mass is 448 g/mol. The molecule has 0 aliphatic carbocycles. The van der Waals surface area contributed by atoms with Crippen molar-refractivity contribution < 1.29 is 14.3 Å². The summed E-state index contributed by atoms with van der Waals surface area (Å²) in [5.41, 5.74) is 4.14. The van der Waals surface area contributed by atoms with Crippen LogP contribution in [-0.4, -0.2) is 24.2 Å². The Balaban J connectivity index is 1.69. The van der Waals surface area contributed by atoms with E-state index in [4.69, 9.17) is 4.74 Å². The van der Waals surface area contributed by atoms with E-state index in [1.165, 1.54) is 11.8 Å². The molecule has 0 saturated heterocycles. The number of carbonyl (C=O) groups is 2. The first-order valence-electron chi connectivity index (χ1n) is 10.5. The third-order valence-electron chi connectivity index (χ3n) is 5.09. The normalized spacial score (nSPS) is 11.5. The van der Waals surface area contributed by atoms with Gasteiger partial charge in [-0.05, 0) is 67.8 Å². The molecule has 1 unspecified atom stereocenters. The summed E-state index contributed by atoms with van der Waals surface area (Å²) in [7, 11) is 1.57. The van der Waals surface area contributed by atoms with Crippen molar-refractivity contribution in [3.8, 4) is 5.75 Å². The largest absolute Gasteiger partial charge is 0.497 e. The van der Waals surface area contributed by atoms with Crippen LogP contribution in [0.1, 0.15) is 34.8 Å². The van der Waals surface area contributed by atoms with Crippen molar-refractivity contribution in [1.82, 2.24) is 0 Å². The molecule has 5 nitrogen and oxygen atoms in total. The lowest BCUT2D eigenvalue weighted by molar-refractivity contribution is -0.115. The van der Waals surface area contributed by atoms with Crippen LogP contribution in [0.4, 0.5) is 11.4 Å². The summed E-state index contributed by atoms with van der Waals surface area (Å²) in [6, 6.07) is 20.5. The lowest BCUT2D eigenvalue weighted by Crippen LogP contribution is -2.25. The van der Waals surface area contributed by atoms with Crippen LogP contribution in [-0.2, 0) is 4.79 Å². The highest BCUT2D eigenvalue weighted by molar-refractivity contribution is 8.00. The number of rotatable bonds is 8. The van der Waals surface area contributed by atoms with Crippen LogP contribution in [0.3, 0.4) is 0 Å². The van der Waals surface area contributed by atoms with Gasteiger partial charge in [-0.2, -0.15) is 0 Å². The maximum Gasteiger partial charge on any atom is 0.255 e. The average Bonchev–Trinajstić information content (AvgIpc) is 2.80. The molecule has 3 aromatic carbocycles. The van der Waals surface area contributed by atoms with Crippen molar-refractivity contribution in [3.05, 3.63) is 83.4 Å². The van der Waals surface area contributed by atoms with Gasteiger partial charge in [-0.1, -0.05) is 37.3 Å². The predicted octanol–water partition coefficient (Wildman–Crippen LogP) is 6.07. The minimum absolute atomic E-state index is 0.0271. The zero-order valence-electron chi connectivity index (χ0n) is 18.8. The van der Waals surface area contributed by atoms with Crippen molar-refractivity contribution in [3.63, 3.8) is 0 Å². The number of ether oxygens (including phenoxy) is 1. The second kappa shape index (κ2) is 10.9. The number of benzene rings is 3. The van der Waals surface area contributed by atoms with Gasteiger partial charge in [0.05, 0.1) is 12.4 Å². The molecule has 0 spiro atoms. The predicted molar refractivity (Wildman–Crippen MR) is 132 cm³/mol. The first-order valence-corrected chi connectivity index (χ1v) is 11.4. The van der Waals surface area contributed by atoms with Gasteiger partial charge in [-0.25, -0.2) is 0 Å². The van der Waals surface area contributed by atoms with E-state index in [1.54, 1.807) is 31.4 Å². The summed E-state index contributed by atoms with van der Waals surface area (Å²) in [4.78, 5) is 26.5. The minimum atomic E-state index is -0.252. The van der Waals surface area contributed by atoms with Gasteiger partial charge in [0.1, 0.15) is 5.75 Å². The second-order valence-corrected chi connectivity index (χ2v) is 8.76. The summed E-state index contributed by atoms with van der Waals surface area (Å²) in [6.45, 7) is 5.98. The SMILES string of the molecule is CCC(Sc1cccc(NC(=O)c2cccc(OC)c2)c1)C(=O)Nc1c(C)cccc1C. The van der Waals surface area contributed by atoms with Crippen molar-refractivity contribution in [1.29, 1.82) is 0 Å². The Morgan fingerprint density at radius 1 is 0.938 bits per heavy atom. The highest BCUT2D eigenvalue weighted by Gasteiger charge is 2.20. The Hall–Kier alpha value is -3.25. The molecule has 1 atom stereocenters. The van der Waals surface area contributed by atoms with Gasteiger partial charge in [-0.3, -0.25) is 9.59 Å². The number of methoxy groups -OCH3 is 1. The van der Waals surface area contributed by atoms with Crippen LogP contribution < -0.4 is 15.4 Å². The first-order chi connectivity index (χ1) is 15.4. The van der Waals surface area contributed by atoms with E-state index in [2.05, 4.69) is 10.6 Å². The third kappa shape index (κ3) is 5.92. The number of para-hydroxylation sites is 1. The summed E-state index contributed by atoms with van der Waals surface area (Å²) in [5, 5.41) is 5.75. The van der Waals surface area contributed by atoms with Gasteiger partial charge in [0, 0.05) is 21.8 Å². The van der Waals surface area contributed by atoms with Crippen LogP contribution in [0.5, 0.6) is 5.75 Å². The van der Waals surface area contributed by atoms with Gasteiger partial charge in [0.15, 0.2) is 0 Å². The average molecular weight is 449 g/mol. The smallest absolute Gasteiger partial charge is 0.255 e. The van der Waals surface area contributed by atoms with E-state index in [0.29, 0.717) is 23.4 Å². The summed E-state index contributed by atoms with van der Waals surface area (Å²) < 4.78 is 5.19. The van der Waals surface area contributed by atoms with Gasteiger partial charge in [-0.15, -0.1) is 11.8 Å².